The Labute approximate surface area is 169 Å². The van der Waals surface area contributed by atoms with Gasteiger partial charge in [-0.15, -0.1) is 0 Å². The molecule has 1 saturated heterocycles. The summed E-state index contributed by atoms with van der Waals surface area (Å²) in [6.45, 7) is 10.6. The van der Waals surface area contributed by atoms with E-state index in [4.69, 9.17) is 4.42 Å². The molecule has 158 valence electrons. The van der Waals surface area contributed by atoms with Gasteiger partial charge in [-0.25, -0.2) is 0 Å². The van der Waals surface area contributed by atoms with Crippen molar-refractivity contribution in [3.05, 3.63) is 23.7 Å². The number of carbonyl (C=O) groups is 1. The van der Waals surface area contributed by atoms with Gasteiger partial charge in [0.05, 0.1) is 6.26 Å². The first kappa shape index (κ1) is 22.3. The Hall–Kier alpha value is -2.02. The minimum atomic E-state index is -0.162. The maximum absolute atomic E-state index is 12.0. The fourth-order valence-corrected chi connectivity index (χ4v) is 3.37. The quantitative estimate of drug-likeness (QED) is 0.324. The third-order valence-corrected chi connectivity index (χ3v) is 4.95. The van der Waals surface area contributed by atoms with E-state index in [0.29, 0.717) is 18.8 Å². The smallest absolute Gasteiger partial charge is 0.287 e. The fraction of sp³-hybridized carbons (Fsp3) is 0.714. The molecule has 7 heteroatoms. The van der Waals surface area contributed by atoms with Crippen molar-refractivity contribution in [2.24, 2.45) is 4.99 Å². The number of nitrogens with one attached hydrogen (secondary N) is 3. The van der Waals surface area contributed by atoms with Gasteiger partial charge in [-0.2, -0.15) is 0 Å². The van der Waals surface area contributed by atoms with Crippen LogP contribution in [0, 0.1) is 6.92 Å². The number of likely N-dealkylation sites (tertiary alicyclic amines) is 1. The van der Waals surface area contributed by atoms with Crippen LogP contribution >= 0.6 is 0 Å². The Bertz CT molecular complexity index is 591. The highest BCUT2D eigenvalue weighted by atomic mass is 16.3. The van der Waals surface area contributed by atoms with Gasteiger partial charge in [0.25, 0.3) is 5.91 Å². The van der Waals surface area contributed by atoms with Crippen molar-refractivity contribution >= 4 is 11.9 Å². The van der Waals surface area contributed by atoms with Crippen molar-refractivity contribution in [2.75, 3.05) is 45.8 Å². The summed E-state index contributed by atoms with van der Waals surface area (Å²) in [4.78, 5) is 19.2. The van der Waals surface area contributed by atoms with Crippen LogP contribution < -0.4 is 16.0 Å². The van der Waals surface area contributed by atoms with E-state index in [1.165, 1.54) is 45.0 Å². The van der Waals surface area contributed by atoms with E-state index in [-0.39, 0.29) is 5.91 Å². The summed E-state index contributed by atoms with van der Waals surface area (Å²) in [6, 6.07) is 1.79. The van der Waals surface area contributed by atoms with E-state index in [0.717, 1.165) is 44.0 Å². The lowest BCUT2D eigenvalue weighted by Gasteiger charge is -2.20. The molecule has 1 aliphatic heterocycles. The number of hydrogen-bond acceptors (Lipinski definition) is 4. The number of rotatable bonds is 10. The number of aliphatic imine (C=N–C) groups is 1. The lowest BCUT2D eigenvalue weighted by Crippen LogP contribution is -2.39. The highest BCUT2D eigenvalue weighted by Gasteiger charge is 2.11. The summed E-state index contributed by atoms with van der Waals surface area (Å²) in [5.41, 5.74) is 0.856. The average Bonchev–Trinajstić information content (AvgIpc) is 2.95. The molecule has 0 spiro atoms. The number of hydrogen-bond donors (Lipinski definition) is 3. The van der Waals surface area contributed by atoms with E-state index >= 15 is 0 Å². The van der Waals surface area contributed by atoms with Gasteiger partial charge in [-0.05, 0) is 65.2 Å². The molecule has 0 aromatic carbocycles. The zero-order chi connectivity index (χ0) is 20.0. The minimum absolute atomic E-state index is 0.162. The van der Waals surface area contributed by atoms with Gasteiger partial charge in [0.2, 0.25) is 0 Å². The second-order valence-corrected chi connectivity index (χ2v) is 7.34. The molecule has 2 heterocycles. The summed E-state index contributed by atoms with van der Waals surface area (Å²) >= 11 is 0. The summed E-state index contributed by atoms with van der Waals surface area (Å²) in [6.07, 6.45) is 8.90. The molecule has 7 nitrogen and oxygen atoms in total. The van der Waals surface area contributed by atoms with Crippen molar-refractivity contribution in [1.29, 1.82) is 0 Å². The van der Waals surface area contributed by atoms with E-state index in [1.54, 1.807) is 6.07 Å². The Morgan fingerprint density at radius 1 is 1.11 bits per heavy atom. The Morgan fingerprint density at radius 2 is 1.86 bits per heavy atom. The number of amides is 1. The van der Waals surface area contributed by atoms with Gasteiger partial charge >= 0.3 is 0 Å². The first-order valence-corrected chi connectivity index (χ1v) is 10.8. The third-order valence-electron chi connectivity index (χ3n) is 4.95. The zero-order valence-electron chi connectivity index (χ0n) is 17.6. The Kier molecular flexibility index (Phi) is 10.5. The molecule has 0 radical (unpaired) electrons. The Morgan fingerprint density at radius 3 is 2.54 bits per heavy atom. The fourth-order valence-electron chi connectivity index (χ4n) is 3.37. The maximum Gasteiger partial charge on any atom is 0.287 e. The Balaban J connectivity index is 1.60. The first-order valence-electron chi connectivity index (χ1n) is 10.8. The monoisotopic (exact) mass is 391 g/mol. The second kappa shape index (κ2) is 13.2. The molecular weight excluding hydrogens is 354 g/mol. The molecular formula is C21H37N5O2. The van der Waals surface area contributed by atoms with Crippen molar-refractivity contribution in [3.8, 4) is 0 Å². The summed E-state index contributed by atoms with van der Waals surface area (Å²) in [5.74, 6) is 1.08. The second-order valence-electron chi connectivity index (χ2n) is 7.34. The zero-order valence-corrected chi connectivity index (χ0v) is 17.6. The minimum Gasteiger partial charge on any atom is -0.459 e. The summed E-state index contributed by atoms with van der Waals surface area (Å²) < 4.78 is 5.20. The lowest BCUT2D eigenvalue weighted by atomic mass is 10.2. The summed E-state index contributed by atoms with van der Waals surface area (Å²) in [5, 5.41) is 9.58. The van der Waals surface area contributed by atoms with Crippen molar-refractivity contribution in [2.45, 2.75) is 52.4 Å². The van der Waals surface area contributed by atoms with Crippen LogP contribution in [0.2, 0.25) is 0 Å². The molecule has 1 aromatic heterocycles. The number of guanidine groups is 1. The highest BCUT2D eigenvalue weighted by molar-refractivity contribution is 5.92. The van der Waals surface area contributed by atoms with E-state index in [1.807, 2.05) is 6.92 Å². The van der Waals surface area contributed by atoms with Gasteiger partial charge < -0.3 is 25.3 Å². The lowest BCUT2D eigenvalue weighted by molar-refractivity contribution is 0.0925. The van der Waals surface area contributed by atoms with Crippen LogP contribution in [0.25, 0.3) is 0 Å². The van der Waals surface area contributed by atoms with Gasteiger partial charge in [0, 0.05) is 31.7 Å². The summed E-state index contributed by atoms with van der Waals surface area (Å²) in [7, 11) is 0. The van der Waals surface area contributed by atoms with E-state index in [2.05, 4.69) is 32.8 Å². The number of carbonyl (C=O) groups excluding carboxylic acids is 1. The van der Waals surface area contributed by atoms with Crippen LogP contribution in [0.15, 0.2) is 21.7 Å². The van der Waals surface area contributed by atoms with Crippen LogP contribution in [0.3, 0.4) is 0 Å². The molecule has 0 unspecified atom stereocenters. The van der Waals surface area contributed by atoms with Crippen LogP contribution in [-0.4, -0.2) is 62.6 Å². The third kappa shape index (κ3) is 8.33. The molecule has 28 heavy (non-hydrogen) atoms. The SMILES string of the molecule is CCNC(=NCCCNC(=O)c1occc1C)NCCCN1CCCCCC1. The molecule has 3 N–H and O–H groups in total. The number of furan rings is 1. The van der Waals surface area contributed by atoms with Crippen LogP contribution in [0.1, 0.15) is 61.6 Å². The predicted octanol–water partition coefficient (Wildman–Crippen LogP) is 2.53. The van der Waals surface area contributed by atoms with Crippen LogP contribution in [-0.2, 0) is 0 Å². The molecule has 1 aromatic rings. The molecule has 0 atom stereocenters. The van der Waals surface area contributed by atoms with Gasteiger partial charge in [0.15, 0.2) is 11.7 Å². The number of nitrogens with zero attached hydrogens (tertiary/aromatic N) is 2. The maximum atomic E-state index is 12.0. The molecule has 0 saturated carbocycles. The van der Waals surface area contributed by atoms with Crippen LogP contribution in [0.5, 0.6) is 0 Å². The van der Waals surface area contributed by atoms with Crippen molar-refractivity contribution < 1.29 is 9.21 Å². The van der Waals surface area contributed by atoms with Gasteiger partial charge in [-0.1, -0.05) is 12.8 Å². The normalized spacial score (nSPS) is 15.9. The largest absolute Gasteiger partial charge is 0.459 e. The average molecular weight is 392 g/mol. The molecule has 1 amide bonds. The standard InChI is InChI=1S/C21H37N5O2/c1-3-22-21(25-13-9-16-26-14-6-4-5-7-15-26)24-12-8-11-23-20(27)19-18(2)10-17-28-19/h10,17H,3-9,11-16H2,1-2H3,(H,23,27)(H2,22,24,25). The predicted molar refractivity (Wildman–Crippen MR) is 114 cm³/mol. The van der Waals surface area contributed by atoms with E-state index < -0.39 is 0 Å². The van der Waals surface area contributed by atoms with Crippen LogP contribution in [0.4, 0.5) is 0 Å². The van der Waals surface area contributed by atoms with Crippen molar-refractivity contribution in [3.63, 3.8) is 0 Å². The highest BCUT2D eigenvalue weighted by Crippen LogP contribution is 2.09. The first-order chi connectivity index (χ1) is 13.7. The van der Waals surface area contributed by atoms with Gasteiger partial charge in [-0.3, -0.25) is 9.79 Å². The molecule has 0 aliphatic carbocycles. The molecule has 1 aliphatic rings. The van der Waals surface area contributed by atoms with Crippen molar-refractivity contribution in [1.82, 2.24) is 20.9 Å². The molecule has 1 fully saturated rings. The number of aryl methyl sites for hydroxylation is 1. The van der Waals surface area contributed by atoms with Gasteiger partial charge in [0.1, 0.15) is 0 Å². The topological polar surface area (TPSA) is 81.9 Å². The van der Waals surface area contributed by atoms with E-state index in [9.17, 15) is 4.79 Å². The molecule has 0 bridgehead atoms. The molecule has 2 rings (SSSR count).